The molecular weight excluding hydrogens is 210 g/mol. The lowest BCUT2D eigenvalue weighted by molar-refractivity contribution is 0.480. The van der Waals surface area contributed by atoms with Crippen LogP contribution in [0.1, 0.15) is 44.2 Å². The molecule has 3 rings (SSSR count). The number of nitrogens with zero attached hydrogens (tertiary/aromatic N) is 2. The van der Waals surface area contributed by atoms with Gasteiger partial charge in [-0.25, -0.2) is 0 Å². The van der Waals surface area contributed by atoms with Gasteiger partial charge in [0.05, 0.1) is 6.20 Å². The second-order valence-electron chi connectivity index (χ2n) is 5.59. The van der Waals surface area contributed by atoms with Crippen molar-refractivity contribution in [2.45, 2.75) is 45.2 Å². The van der Waals surface area contributed by atoms with Gasteiger partial charge in [-0.15, -0.1) is 0 Å². The summed E-state index contributed by atoms with van der Waals surface area (Å²) in [5, 5.41) is 7.93. The van der Waals surface area contributed by atoms with Gasteiger partial charge in [0.2, 0.25) is 0 Å². The summed E-state index contributed by atoms with van der Waals surface area (Å²) in [6.45, 7) is 3.11. The van der Waals surface area contributed by atoms with Gasteiger partial charge in [-0.2, -0.15) is 5.10 Å². The van der Waals surface area contributed by atoms with E-state index in [0.29, 0.717) is 6.04 Å². The van der Waals surface area contributed by atoms with Crippen molar-refractivity contribution in [2.75, 3.05) is 7.05 Å². The van der Waals surface area contributed by atoms with Gasteiger partial charge in [-0.05, 0) is 44.6 Å². The molecule has 1 aromatic rings. The predicted octanol–water partition coefficient (Wildman–Crippen LogP) is 2.60. The number of nitrogens with one attached hydrogen (secondary N) is 1. The molecule has 1 N–H and O–H groups in total. The van der Waals surface area contributed by atoms with Crippen molar-refractivity contribution in [3.8, 4) is 0 Å². The first-order valence-corrected chi connectivity index (χ1v) is 7.04. The van der Waals surface area contributed by atoms with Crippen LogP contribution in [0.3, 0.4) is 0 Å². The highest BCUT2D eigenvalue weighted by Crippen LogP contribution is 2.60. The Balaban J connectivity index is 1.75. The van der Waals surface area contributed by atoms with Crippen LogP contribution < -0.4 is 5.32 Å². The Kier molecular flexibility index (Phi) is 2.95. The Morgan fingerprint density at radius 1 is 1.41 bits per heavy atom. The molecule has 0 saturated heterocycles. The van der Waals surface area contributed by atoms with E-state index < -0.39 is 0 Å². The second kappa shape index (κ2) is 4.45. The minimum Gasteiger partial charge on any atom is -0.313 e. The van der Waals surface area contributed by atoms with Crippen molar-refractivity contribution in [1.82, 2.24) is 15.1 Å². The van der Waals surface area contributed by atoms with E-state index in [9.17, 15) is 0 Å². The standard InChI is InChI=1S/C14H23N3/c1-3-17-9-10(8-16-17)14(15-2)13-11-6-4-5-7-12(11)13/h8-9,11-15H,3-7H2,1-2H3. The first-order chi connectivity index (χ1) is 8.35. The molecule has 3 unspecified atom stereocenters. The van der Waals surface area contributed by atoms with E-state index in [2.05, 4.69) is 36.8 Å². The van der Waals surface area contributed by atoms with Crippen molar-refractivity contribution in [1.29, 1.82) is 0 Å². The largest absolute Gasteiger partial charge is 0.313 e. The highest BCUT2D eigenvalue weighted by Gasteiger charge is 2.54. The maximum atomic E-state index is 4.41. The minimum atomic E-state index is 0.531. The molecule has 1 heterocycles. The molecule has 0 amide bonds. The van der Waals surface area contributed by atoms with Crippen LogP contribution in [0.15, 0.2) is 12.4 Å². The Labute approximate surface area is 104 Å². The molecule has 2 saturated carbocycles. The Bertz CT molecular complexity index is 373. The van der Waals surface area contributed by atoms with Gasteiger partial charge in [-0.3, -0.25) is 4.68 Å². The molecule has 0 bridgehead atoms. The summed E-state index contributed by atoms with van der Waals surface area (Å²) >= 11 is 0. The molecule has 1 aromatic heterocycles. The molecule has 0 radical (unpaired) electrons. The molecule has 0 aromatic carbocycles. The topological polar surface area (TPSA) is 29.9 Å². The Morgan fingerprint density at radius 3 is 2.65 bits per heavy atom. The zero-order chi connectivity index (χ0) is 11.8. The quantitative estimate of drug-likeness (QED) is 0.866. The molecule has 3 heteroatoms. The maximum Gasteiger partial charge on any atom is 0.0537 e. The van der Waals surface area contributed by atoms with Crippen molar-refractivity contribution in [3.63, 3.8) is 0 Å². The van der Waals surface area contributed by atoms with Crippen molar-refractivity contribution in [2.24, 2.45) is 17.8 Å². The minimum absolute atomic E-state index is 0.531. The van der Waals surface area contributed by atoms with Crippen LogP contribution in [-0.2, 0) is 6.54 Å². The number of rotatable bonds is 4. The van der Waals surface area contributed by atoms with Crippen molar-refractivity contribution >= 4 is 0 Å². The molecule has 0 spiro atoms. The number of aryl methyl sites for hydroxylation is 1. The van der Waals surface area contributed by atoms with Crippen LogP contribution in [0.2, 0.25) is 0 Å². The molecule has 3 atom stereocenters. The van der Waals surface area contributed by atoms with E-state index >= 15 is 0 Å². The molecule has 3 nitrogen and oxygen atoms in total. The summed E-state index contributed by atoms with van der Waals surface area (Å²) in [6, 6.07) is 0.531. The zero-order valence-electron chi connectivity index (χ0n) is 10.9. The summed E-state index contributed by atoms with van der Waals surface area (Å²) in [7, 11) is 2.10. The number of hydrogen-bond acceptors (Lipinski definition) is 2. The highest BCUT2D eigenvalue weighted by molar-refractivity contribution is 5.18. The number of fused-ring (bicyclic) bond motifs is 1. The number of hydrogen-bond donors (Lipinski definition) is 1. The van der Waals surface area contributed by atoms with Crippen LogP contribution in [0.5, 0.6) is 0 Å². The highest BCUT2D eigenvalue weighted by atomic mass is 15.3. The lowest BCUT2D eigenvalue weighted by Gasteiger charge is -2.14. The third kappa shape index (κ3) is 1.90. The van der Waals surface area contributed by atoms with Gasteiger partial charge < -0.3 is 5.32 Å². The lowest BCUT2D eigenvalue weighted by Crippen LogP contribution is -2.19. The summed E-state index contributed by atoms with van der Waals surface area (Å²) < 4.78 is 2.03. The van der Waals surface area contributed by atoms with Crippen LogP contribution in [0.25, 0.3) is 0 Å². The molecule has 2 aliphatic carbocycles. The van der Waals surface area contributed by atoms with Gasteiger partial charge in [-0.1, -0.05) is 12.8 Å². The normalized spacial score (nSPS) is 33.2. The van der Waals surface area contributed by atoms with Crippen molar-refractivity contribution in [3.05, 3.63) is 18.0 Å². The molecule has 2 fully saturated rings. The first-order valence-electron chi connectivity index (χ1n) is 7.04. The molecular formula is C14H23N3. The number of aromatic nitrogens is 2. The van der Waals surface area contributed by atoms with E-state index in [-0.39, 0.29) is 0 Å². The predicted molar refractivity (Wildman–Crippen MR) is 68.6 cm³/mol. The lowest BCUT2D eigenvalue weighted by atomic mass is 10.0. The van der Waals surface area contributed by atoms with E-state index in [1.807, 2.05) is 4.68 Å². The van der Waals surface area contributed by atoms with Gasteiger partial charge in [0, 0.05) is 24.3 Å². The monoisotopic (exact) mass is 233 g/mol. The Hall–Kier alpha value is -0.830. The average molecular weight is 233 g/mol. The smallest absolute Gasteiger partial charge is 0.0537 e. The SMILES string of the molecule is CCn1cc(C(NC)C2C3CCCCC32)cn1. The van der Waals surface area contributed by atoms with Gasteiger partial charge in [0.25, 0.3) is 0 Å². The van der Waals surface area contributed by atoms with Crippen LogP contribution >= 0.6 is 0 Å². The van der Waals surface area contributed by atoms with Crippen LogP contribution in [0.4, 0.5) is 0 Å². The van der Waals surface area contributed by atoms with E-state index in [1.165, 1.54) is 31.2 Å². The molecule has 2 aliphatic rings. The Morgan fingerprint density at radius 2 is 2.12 bits per heavy atom. The van der Waals surface area contributed by atoms with Crippen LogP contribution in [-0.4, -0.2) is 16.8 Å². The third-order valence-corrected chi connectivity index (χ3v) is 4.75. The summed E-state index contributed by atoms with van der Waals surface area (Å²) in [6.07, 6.45) is 10.1. The molecule has 94 valence electrons. The average Bonchev–Trinajstić information content (AvgIpc) is 2.88. The summed E-state index contributed by atoms with van der Waals surface area (Å²) in [4.78, 5) is 0. The molecule has 0 aliphatic heterocycles. The van der Waals surface area contributed by atoms with Gasteiger partial charge in [0.15, 0.2) is 0 Å². The fourth-order valence-corrected chi connectivity index (χ4v) is 3.84. The first kappa shape index (κ1) is 11.3. The zero-order valence-corrected chi connectivity index (χ0v) is 10.9. The van der Waals surface area contributed by atoms with E-state index in [0.717, 1.165) is 24.3 Å². The van der Waals surface area contributed by atoms with E-state index in [1.54, 1.807) is 0 Å². The third-order valence-electron chi connectivity index (χ3n) is 4.75. The fraction of sp³-hybridized carbons (Fsp3) is 0.786. The summed E-state index contributed by atoms with van der Waals surface area (Å²) in [5.41, 5.74) is 1.38. The van der Waals surface area contributed by atoms with E-state index in [4.69, 9.17) is 0 Å². The molecule has 17 heavy (non-hydrogen) atoms. The van der Waals surface area contributed by atoms with Gasteiger partial charge >= 0.3 is 0 Å². The second-order valence-corrected chi connectivity index (χ2v) is 5.59. The van der Waals surface area contributed by atoms with Crippen LogP contribution in [0, 0.1) is 17.8 Å². The van der Waals surface area contributed by atoms with Gasteiger partial charge in [0.1, 0.15) is 0 Å². The fourth-order valence-electron chi connectivity index (χ4n) is 3.84. The van der Waals surface area contributed by atoms with Crippen molar-refractivity contribution < 1.29 is 0 Å². The maximum absolute atomic E-state index is 4.41. The summed E-state index contributed by atoms with van der Waals surface area (Å²) in [5.74, 6) is 2.86.